The highest BCUT2D eigenvalue weighted by Gasteiger charge is 2.04. The fourth-order valence-corrected chi connectivity index (χ4v) is 0.840. The number of ketones is 1. The van der Waals surface area contributed by atoms with Crippen LogP contribution < -0.4 is 11.2 Å². The van der Waals surface area contributed by atoms with E-state index < -0.39 is 17.1 Å². The molecule has 1 rings (SSSR count). The van der Waals surface area contributed by atoms with Crippen molar-refractivity contribution in [3.8, 4) is 0 Å². The van der Waals surface area contributed by atoms with E-state index in [0.717, 1.165) is 4.57 Å². The fraction of sp³-hybridized carbons (Fsp3) is 0.286. The van der Waals surface area contributed by atoms with Crippen molar-refractivity contribution in [1.29, 1.82) is 0 Å². The molecule has 1 aromatic rings. The van der Waals surface area contributed by atoms with Crippen LogP contribution in [0.25, 0.3) is 0 Å². The maximum Gasteiger partial charge on any atom is 0.328 e. The smallest absolute Gasteiger partial charge is 0.298 e. The average Bonchev–Trinajstić information content (AvgIpc) is 1.99. The van der Waals surface area contributed by atoms with E-state index in [9.17, 15) is 18.8 Å². The van der Waals surface area contributed by atoms with Crippen molar-refractivity contribution in [2.24, 2.45) is 0 Å². The van der Waals surface area contributed by atoms with Crippen LogP contribution >= 0.6 is 0 Å². The highest BCUT2D eigenvalue weighted by atomic mass is 19.1. The molecular weight excluding hydrogens is 179 g/mol. The van der Waals surface area contributed by atoms with Crippen molar-refractivity contribution in [1.82, 2.24) is 9.55 Å². The summed E-state index contributed by atoms with van der Waals surface area (Å²) in [5, 5.41) is 0. The summed E-state index contributed by atoms with van der Waals surface area (Å²) in [4.78, 5) is 33.8. The second-order valence-corrected chi connectivity index (χ2v) is 2.57. The minimum atomic E-state index is -1.08. The van der Waals surface area contributed by atoms with Crippen LogP contribution in [-0.2, 0) is 11.3 Å². The van der Waals surface area contributed by atoms with Gasteiger partial charge in [-0.25, -0.2) is 4.79 Å². The lowest BCUT2D eigenvalue weighted by Gasteiger charge is -2.00. The van der Waals surface area contributed by atoms with Gasteiger partial charge in [-0.3, -0.25) is 19.1 Å². The van der Waals surface area contributed by atoms with Crippen molar-refractivity contribution in [3.05, 3.63) is 32.9 Å². The third-order valence-electron chi connectivity index (χ3n) is 1.36. The van der Waals surface area contributed by atoms with E-state index in [1.54, 1.807) is 4.98 Å². The number of halogens is 1. The minimum absolute atomic E-state index is 0.244. The molecule has 0 amide bonds. The molecule has 0 radical (unpaired) electrons. The van der Waals surface area contributed by atoms with E-state index in [0.29, 0.717) is 6.20 Å². The molecule has 5 nitrogen and oxygen atoms in total. The number of aromatic nitrogens is 2. The largest absolute Gasteiger partial charge is 0.328 e. The first-order chi connectivity index (χ1) is 6.00. The Balaban J connectivity index is 3.24. The molecule has 0 aliphatic rings. The Bertz CT molecular complexity index is 446. The predicted octanol–water partition coefficient (Wildman–Crippen LogP) is -0.735. The van der Waals surface area contributed by atoms with Gasteiger partial charge < -0.3 is 0 Å². The van der Waals surface area contributed by atoms with E-state index in [4.69, 9.17) is 0 Å². The lowest BCUT2D eigenvalue weighted by molar-refractivity contribution is -0.117. The highest BCUT2D eigenvalue weighted by molar-refractivity contribution is 5.75. The van der Waals surface area contributed by atoms with Gasteiger partial charge in [0.25, 0.3) is 5.56 Å². The average molecular weight is 186 g/mol. The molecule has 0 aromatic carbocycles. The zero-order valence-corrected chi connectivity index (χ0v) is 6.83. The van der Waals surface area contributed by atoms with Crippen LogP contribution in [0.4, 0.5) is 4.39 Å². The lowest BCUT2D eigenvalue weighted by Crippen LogP contribution is -2.32. The Morgan fingerprint density at radius 3 is 2.77 bits per heavy atom. The topological polar surface area (TPSA) is 71.9 Å². The Morgan fingerprint density at radius 1 is 1.62 bits per heavy atom. The van der Waals surface area contributed by atoms with Crippen molar-refractivity contribution in [3.63, 3.8) is 0 Å². The Kier molecular flexibility index (Phi) is 2.41. The Labute approximate surface area is 71.8 Å². The second-order valence-electron chi connectivity index (χ2n) is 2.57. The van der Waals surface area contributed by atoms with Gasteiger partial charge in [0.15, 0.2) is 0 Å². The number of carbonyl (C=O) groups is 1. The van der Waals surface area contributed by atoms with Crippen LogP contribution in [0.3, 0.4) is 0 Å². The summed E-state index contributed by atoms with van der Waals surface area (Å²) in [5.41, 5.74) is -1.87. The van der Waals surface area contributed by atoms with E-state index in [-0.39, 0.29) is 12.3 Å². The molecule has 13 heavy (non-hydrogen) atoms. The molecule has 1 heterocycles. The number of nitrogens with one attached hydrogen (secondary N) is 1. The molecule has 0 bridgehead atoms. The van der Waals surface area contributed by atoms with Crippen LogP contribution in [-0.4, -0.2) is 15.3 Å². The molecule has 1 aromatic heterocycles. The number of hydrogen-bond acceptors (Lipinski definition) is 3. The summed E-state index contributed by atoms with van der Waals surface area (Å²) in [7, 11) is 0. The van der Waals surface area contributed by atoms with Gasteiger partial charge in [0.1, 0.15) is 5.78 Å². The summed E-state index contributed by atoms with van der Waals surface area (Å²) in [5.74, 6) is -1.38. The molecule has 0 unspecified atom stereocenters. The Morgan fingerprint density at radius 2 is 2.23 bits per heavy atom. The second kappa shape index (κ2) is 3.34. The third-order valence-corrected chi connectivity index (χ3v) is 1.36. The molecule has 0 atom stereocenters. The summed E-state index contributed by atoms with van der Waals surface area (Å²) in [6.07, 6.45) is 0.711. The van der Waals surface area contributed by atoms with E-state index in [2.05, 4.69) is 0 Å². The predicted molar refractivity (Wildman–Crippen MR) is 42.0 cm³/mol. The highest BCUT2D eigenvalue weighted by Crippen LogP contribution is 1.84. The Hall–Kier alpha value is -1.72. The molecule has 0 fully saturated rings. The first-order valence-electron chi connectivity index (χ1n) is 3.49. The minimum Gasteiger partial charge on any atom is -0.298 e. The molecule has 0 saturated carbocycles. The maximum absolute atomic E-state index is 12.6. The molecule has 70 valence electrons. The van der Waals surface area contributed by atoms with Crippen molar-refractivity contribution < 1.29 is 9.18 Å². The van der Waals surface area contributed by atoms with Crippen LogP contribution in [0, 0.1) is 5.82 Å². The summed E-state index contributed by atoms with van der Waals surface area (Å²) in [6, 6.07) is 0. The van der Waals surface area contributed by atoms with Gasteiger partial charge in [-0.15, -0.1) is 0 Å². The van der Waals surface area contributed by atoms with Crippen LogP contribution in [0.1, 0.15) is 6.92 Å². The number of rotatable bonds is 2. The maximum atomic E-state index is 12.6. The quantitative estimate of drug-likeness (QED) is 0.661. The first kappa shape index (κ1) is 9.37. The van der Waals surface area contributed by atoms with Gasteiger partial charge in [-0.2, -0.15) is 4.39 Å². The zero-order valence-electron chi connectivity index (χ0n) is 6.83. The fourth-order valence-electron chi connectivity index (χ4n) is 0.840. The van der Waals surface area contributed by atoms with Gasteiger partial charge >= 0.3 is 5.69 Å². The van der Waals surface area contributed by atoms with Crippen molar-refractivity contribution in [2.45, 2.75) is 13.5 Å². The summed E-state index contributed by atoms with van der Waals surface area (Å²) < 4.78 is 13.4. The molecule has 0 aliphatic carbocycles. The van der Waals surface area contributed by atoms with Gasteiger partial charge in [0.05, 0.1) is 12.7 Å². The van der Waals surface area contributed by atoms with E-state index in [1.807, 2.05) is 0 Å². The number of hydrogen-bond donors (Lipinski definition) is 1. The number of H-pyrrole nitrogens is 1. The SMILES string of the molecule is CC(=O)Cn1cc(F)c(=O)[nH]c1=O. The normalized spacial score (nSPS) is 10.0. The molecule has 1 N–H and O–H groups in total. The lowest BCUT2D eigenvalue weighted by atomic mass is 10.4. The summed E-state index contributed by atoms with van der Waals surface area (Å²) in [6.45, 7) is 1.02. The zero-order chi connectivity index (χ0) is 10.0. The van der Waals surface area contributed by atoms with Gasteiger partial charge in [-0.1, -0.05) is 0 Å². The van der Waals surface area contributed by atoms with Gasteiger partial charge in [0.2, 0.25) is 5.82 Å². The molecule has 0 aliphatic heterocycles. The van der Waals surface area contributed by atoms with Crippen molar-refractivity contribution >= 4 is 5.78 Å². The summed E-state index contributed by atoms with van der Waals surface area (Å²) >= 11 is 0. The monoisotopic (exact) mass is 186 g/mol. The standard InChI is InChI=1S/C7H7FN2O3/c1-4(11)2-10-3-5(8)6(12)9-7(10)13/h3H,2H2,1H3,(H,9,12,13). The molecule has 0 saturated heterocycles. The number of aromatic amines is 1. The van der Waals surface area contributed by atoms with Gasteiger partial charge in [-0.05, 0) is 6.92 Å². The van der Waals surface area contributed by atoms with Crippen LogP contribution in [0.15, 0.2) is 15.8 Å². The molecular formula is C7H7FN2O3. The number of Topliss-reactive ketones (excluding diaryl/α,β-unsaturated/α-hetero) is 1. The molecule has 6 heteroatoms. The van der Waals surface area contributed by atoms with Gasteiger partial charge in [0, 0.05) is 0 Å². The van der Waals surface area contributed by atoms with Crippen LogP contribution in [0.2, 0.25) is 0 Å². The third kappa shape index (κ3) is 2.11. The van der Waals surface area contributed by atoms with E-state index >= 15 is 0 Å². The number of carbonyl (C=O) groups excluding carboxylic acids is 1. The van der Waals surface area contributed by atoms with E-state index in [1.165, 1.54) is 6.92 Å². The first-order valence-corrected chi connectivity index (χ1v) is 3.49. The van der Waals surface area contributed by atoms with Crippen LogP contribution in [0.5, 0.6) is 0 Å². The number of nitrogens with zero attached hydrogens (tertiary/aromatic N) is 1. The molecule has 0 spiro atoms. The van der Waals surface area contributed by atoms with Crippen molar-refractivity contribution in [2.75, 3.05) is 0 Å².